The highest BCUT2D eigenvalue weighted by molar-refractivity contribution is 6.30. The van der Waals surface area contributed by atoms with Gasteiger partial charge in [-0.25, -0.2) is 4.68 Å². The lowest BCUT2D eigenvalue weighted by atomic mass is 9.98. The lowest BCUT2D eigenvalue weighted by molar-refractivity contribution is 0.780. The number of benzene rings is 3. The predicted molar refractivity (Wildman–Crippen MR) is 118 cm³/mol. The maximum atomic E-state index is 6.32. The van der Waals surface area contributed by atoms with Crippen molar-refractivity contribution >= 4 is 28.2 Å². The van der Waals surface area contributed by atoms with Crippen LogP contribution in [0.2, 0.25) is 5.02 Å². The third-order valence-electron chi connectivity index (χ3n) is 5.57. The van der Waals surface area contributed by atoms with Gasteiger partial charge in [-0.15, -0.1) is 0 Å². The van der Waals surface area contributed by atoms with Crippen LogP contribution in [-0.2, 0) is 6.42 Å². The minimum Gasteiger partial charge on any atom is -0.370 e. The third kappa shape index (κ3) is 2.87. The number of hydrogen-bond acceptors (Lipinski definition) is 2. The quantitative estimate of drug-likeness (QED) is 0.431. The van der Waals surface area contributed by atoms with Crippen LogP contribution in [0.4, 0.5) is 5.82 Å². The Morgan fingerprint density at radius 3 is 2.79 bits per heavy atom. The minimum absolute atomic E-state index is 0.727. The van der Waals surface area contributed by atoms with Gasteiger partial charge in [0.2, 0.25) is 0 Å². The third-order valence-corrected chi connectivity index (χ3v) is 5.81. The van der Waals surface area contributed by atoms with Crippen molar-refractivity contribution in [3.8, 4) is 16.9 Å². The van der Waals surface area contributed by atoms with Crippen molar-refractivity contribution in [3.63, 3.8) is 0 Å². The van der Waals surface area contributed by atoms with Crippen LogP contribution < -0.4 is 5.32 Å². The predicted octanol–water partition coefficient (Wildman–Crippen LogP) is 6.40. The van der Waals surface area contributed by atoms with Gasteiger partial charge in [0, 0.05) is 22.7 Å². The van der Waals surface area contributed by atoms with Gasteiger partial charge in [-0.3, -0.25) is 0 Å². The number of nitrogens with one attached hydrogen (secondary N) is 1. The van der Waals surface area contributed by atoms with Gasteiger partial charge in [-0.1, -0.05) is 60.1 Å². The molecule has 3 nitrogen and oxygen atoms in total. The Balaban J connectivity index is 1.80. The molecule has 0 saturated carbocycles. The van der Waals surface area contributed by atoms with Gasteiger partial charge in [0.25, 0.3) is 0 Å². The molecule has 0 bridgehead atoms. The summed E-state index contributed by atoms with van der Waals surface area (Å²) in [6.45, 7) is 3.07. The van der Waals surface area contributed by atoms with Crippen LogP contribution in [0.1, 0.15) is 24.0 Å². The number of fused-ring (bicyclic) bond motifs is 2. The fraction of sp³-hybridized carbons (Fsp3) is 0.208. The molecule has 3 aromatic carbocycles. The molecule has 0 spiro atoms. The Hall–Kier alpha value is -2.78. The number of aromatic nitrogens is 2. The topological polar surface area (TPSA) is 29.9 Å². The Labute approximate surface area is 170 Å². The van der Waals surface area contributed by atoms with Crippen LogP contribution in [0.3, 0.4) is 0 Å². The molecule has 1 aliphatic rings. The van der Waals surface area contributed by atoms with E-state index in [0.29, 0.717) is 0 Å². The molecule has 0 amide bonds. The second-order valence-electron chi connectivity index (χ2n) is 7.43. The summed E-state index contributed by atoms with van der Waals surface area (Å²) < 4.78 is 2.05. The van der Waals surface area contributed by atoms with E-state index in [0.717, 1.165) is 53.6 Å². The molecule has 4 heteroatoms. The highest BCUT2D eigenvalue weighted by atomic mass is 35.5. The molecule has 28 heavy (non-hydrogen) atoms. The normalized spacial score (nSPS) is 13.8. The van der Waals surface area contributed by atoms with Gasteiger partial charge >= 0.3 is 0 Å². The van der Waals surface area contributed by atoms with Crippen LogP contribution >= 0.6 is 11.6 Å². The molecule has 1 aliphatic heterocycles. The first-order chi connectivity index (χ1) is 13.7. The zero-order valence-corrected chi connectivity index (χ0v) is 16.6. The molecule has 1 aromatic heterocycles. The first kappa shape index (κ1) is 17.3. The highest BCUT2D eigenvalue weighted by Gasteiger charge is 2.23. The number of anilines is 1. The average Bonchev–Trinajstić information content (AvgIpc) is 2.90. The van der Waals surface area contributed by atoms with Crippen molar-refractivity contribution in [3.05, 3.63) is 76.8 Å². The standard InChI is InChI=1S/C24H22ClN3/c1-16-12-13-18(25)15-22(16)28-24-21(10-4-5-14-26-24)23(27-28)20-11-6-8-17-7-2-3-9-19(17)20/h2-3,6-9,11-13,15,26H,4-5,10,14H2,1H3. The van der Waals surface area contributed by atoms with Crippen molar-refractivity contribution in [1.82, 2.24) is 9.78 Å². The summed E-state index contributed by atoms with van der Waals surface area (Å²) in [7, 11) is 0. The van der Waals surface area contributed by atoms with Gasteiger partial charge in [0.05, 0.1) is 11.4 Å². The fourth-order valence-corrected chi connectivity index (χ4v) is 4.30. The Kier molecular flexibility index (Phi) is 4.33. The Bertz CT molecular complexity index is 1170. The first-order valence-electron chi connectivity index (χ1n) is 9.83. The van der Waals surface area contributed by atoms with Gasteiger partial charge in [0.15, 0.2) is 0 Å². The van der Waals surface area contributed by atoms with E-state index in [4.69, 9.17) is 16.7 Å². The van der Waals surface area contributed by atoms with E-state index in [1.807, 2.05) is 12.1 Å². The molecule has 5 rings (SSSR count). The molecule has 0 aliphatic carbocycles. The molecular weight excluding hydrogens is 366 g/mol. The van der Waals surface area contributed by atoms with Gasteiger partial charge in [-0.2, -0.15) is 5.10 Å². The van der Waals surface area contributed by atoms with E-state index < -0.39 is 0 Å². The monoisotopic (exact) mass is 387 g/mol. The molecule has 2 heterocycles. The van der Waals surface area contributed by atoms with Crippen LogP contribution in [0.5, 0.6) is 0 Å². The van der Waals surface area contributed by atoms with Crippen LogP contribution in [-0.4, -0.2) is 16.3 Å². The van der Waals surface area contributed by atoms with E-state index in [1.54, 1.807) is 0 Å². The maximum absolute atomic E-state index is 6.32. The average molecular weight is 388 g/mol. The van der Waals surface area contributed by atoms with Crippen molar-refractivity contribution < 1.29 is 0 Å². The molecule has 0 fully saturated rings. The number of rotatable bonds is 2. The largest absolute Gasteiger partial charge is 0.370 e. The molecule has 1 N–H and O–H groups in total. The van der Waals surface area contributed by atoms with Crippen LogP contribution in [0.25, 0.3) is 27.7 Å². The molecule has 0 atom stereocenters. The number of hydrogen-bond donors (Lipinski definition) is 1. The first-order valence-corrected chi connectivity index (χ1v) is 10.2. The van der Waals surface area contributed by atoms with Crippen molar-refractivity contribution in [1.29, 1.82) is 0 Å². The van der Waals surface area contributed by atoms with E-state index in [1.165, 1.54) is 21.9 Å². The van der Waals surface area contributed by atoms with E-state index in [2.05, 4.69) is 65.5 Å². The fourth-order valence-electron chi connectivity index (χ4n) is 4.14. The van der Waals surface area contributed by atoms with Crippen molar-refractivity contribution in [2.75, 3.05) is 11.9 Å². The molecule has 0 unspecified atom stereocenters. The minimum atomic E-state index is 0.727. The second kappa shape index (κ2) is 6.99. The van der Waals surface area contributed by atoms with Crippen LogP contribution in [0.15, 0.2) is 60.7 Å². The van der Waals surface area contributed by atoms with Gasteiger partial charge in [0.1, 0.15) is 5.82 Å². The smallest absolute Gasteiger partial charge is 0.133 e. The summed E-state index contributed by atoms with van der Waals surface area (Å²) >= 11 is 6.32. The molecule has 140 valence electrons. The highest BCUT2D eigenvalue weighted by Crippen LogP contribution is 2.37. The summed E-state index contributed by atoms with van der Waals surface area (Å²) in [6, 6.07) is 21.0. The van der Waals surface area contributed by atoms with Crippen molar-refractivity contribution in [2.45, 2.75) is 26.2 Å². The molecular formula is C24H22ClN3. The van der Waals surface area contributed by atoms with Crippen molar-refractivity contribution in [2.24, 2.45) is 0 Å². The molecule has 0 radical (unpaired) electrons. The zero-order valence-electron chi connectivity index (χ0n) is 15.9. The summed E-state index contributed by atoms with van der Waals surface area (Å²) in [5.41, 5.74) is 5.75. The number of nitrogens with zero attached hydrogens (tertiary/aromatic N) is 2. The SMILES string of the molecule is Cc1ccc(Cl)cc1-n1nc(-c2cccc3ccccc23)c2c1NCCCC2. The molecule has 4 aromatic rings. The van der Waals surface area contributed by atoms with E-state index >= 15 is 0 Å². The lowest BCUT2D eigenvalue weighted by Crippen LogP contribution is -2.08. The maximum Gasteiger partial charge on any atom is 0.133 e. The second-order valence-corrected chi connectivity index (χ2v) is 7.87. The summed E-state index contributed by atoms with van der Waals surface area (Å²) in [5.74, 6) is 1.10. The van der Waals surface area contributed by atoms with E-state index in [-0.39, 0.29) is 0 Å². The Morgan fingerprint density at radius 1 is 1.00 bits per heavy atom. The van der Waals surface area contributed by atoms with E-state index in [9.17, 15) is 0 Å². The lowest BCUT2D eigenvalue weighted by Gasteiger charge is -2.12. The van der Waals surface area contributed by atoms with Gasteiger partial charge in [-0.05, 0) is 54.7 Å². The summed E-state index contributed by atoms with van der Waals surface area (Å²) in [4.78, 5) is 0. The summed E-state index contributed by atoms with van der Waals surface area (Å²) in [6.07, 6.45) is 3.36. The Morgan fingerprint density at radius 2 is 1.86 bits per heavy atom. The van der Waals surface area contributed by atoms with Crippen LogP contribution in [0, 0.1) is 6.92 Å². The van der Waals surface area contributed by atoms with Gasteiger partial charge < -0.3 is 5.32 Å². The number of aryl methyl sites for hydroxylation is 1. The zero-order chi connectivity index (χ0) is 19.1. The molecule has 0 saturated heterocycles. The summed E-state index contributed by atoms with van der Waals surface area (Å²) in [5, 5.41) is 12.0. The number of halogens is 1.